The summed E-state index contributed by atoms with van der Waals surface area (Å²) in [5.41, 5.74) is 20.0. The summed E-state index contributed by atoms with van der Waals surface area (Å²) in [4.78, 5) is 0. The molecule has 0 unspecified atom stereocenters. The maximum Gasteiger partial charge on any atom is 0.139 e. The summed E-state index contributed by atoms with van der Waals surface area (Å²) in [5, 5.41) is 0. The molecule has 0 saturated heterocycles. The van der Waals surface area contributed by atoms with Gasteiger partial charge >= 0.3 is 0 Å². The van der Waals surface area contributed by atoms with E-state index in [9.17, 15) is 0 Å². The summed E-state index contributed by atoms with van der Waals surface area (Å²) in [6.45, 7) is 29.9. The summed E-state index contributed by atoms with van der Waals surface area (Å²) >= 11 is 6.64. The monoisotopic (exact) mass is 585 g/mol. The average molecular weight is 586 g/mol. The summed E-state index contributed by atoms with van der Waals surface area (Å²) in [6, 6.07) is 2.43. The predicted molar refractivity (Wildman–Crippen MR) is 180 cm³/mol. The molecule has 4 atom stereocenters. The standard InChI is InChI=1S/C39H52ClNO/c1-10-31-32(11-2)35(23(3)4)26(7)39(42-40)27(8)37-25(6)36-24(5)30(22-41)19-29(18-17-28-15-13-12-14-16-28)33(36)20-38(37,9)21-34(31)39/h11,19,28,31,34H,2-3,6-7,10,12-18,20-22,41H2,1,4-5,8-9H3/t31-,34+,38+,39-/m1/s1. The van der Waals surface area contributed by atoms with Gasteiger partial charge in [0.1, 0.15) is 5.60 Å². The Morgan fingerprint density at radius 2 is 1.86 bits per heavy atom. The molecule has 0 aromatic heterocycles. The molecule has 0 radical (unpaired) electrons. The van der Waals surface area contributed by atoms with Crippen molar-refractivity contribution in [2.75, 3.05) is 0 Å². The minimum Gasteiger partial charge on any atom is -0.326 e. The Labute approximate surface area is 260 Å². The van der Waals surface area contributed by atoms with Gasteiger partial charge in [-0.25, -0.2) is 0 Å². The van der Waals surface area contributed by atoms with Gasteiger partial charge in [0.15, 0.2) is 0 Å². The van der Waals surface area contributed by atoms with Crippen LogP contribution in [0.4, 0.5) is 0 Å². The Morgan fingerprint density at radius 1 is 1.17 bits per heavy atom. The average Bonchev–Trinajstić information content (AvgIpc) is 2.96. The minimum absolute atomic E-state index is 0.0886. The van der Waals surface area contributed by atoms with Gasteiger partial charge in [0, 0.05) is 12.5 Å². The quantitative estimate of drug-likeness (QED) is 0.329. The Kier molecular flexibility index (Phi) is 8.76. The molecule has 1 saturated carbocycles. The molecular weight excluding hydrogens is 534 g/mol. The third-order valence-electron chi connectivity index (χ3n) is 11.7. The lowest BCUT2D eigenvalue weighted by Crippen LogP contribution is -2.55. The molecule has 0 bridgehead atoms. The van der Waals surface area contributed by atoms with Crippen molar-refractivity contribution < 1.29 is 4.29 Å². The number of aryl methyl sites for hydroxylation is 1. The first-order chi connectivity index (χ1) is 20.0. The maximum absolute atomic E-state index is 6.64. The van der Waals surface area contributed by atoms with Crippen molar-refractivity contribution >= 4 is 17.4 Å². The summed E-state index contributed by atoms with van der Waals surface area (Å²) < 4.78 is 6.19. The zero-order valence-electron chi connectivity index (χ0n) is 26.9. The van der Waals surface area contributed by atoms with Crippen LogP contribution in [0.3, 0.4) is 0 Å². The number of hydrogen-bond donors (Lipinski definition) is 1. The fourth-order valence-electron chi connectivity index (χ4n) is 9.81. The first kappa shape index (κ1) is 31.3. The zero-order valence-corrected chi connectivity index (χ0v) is 27.6. The fourth-order valence-corrected chi connectivity index (χ4v) is 10.1. The van der Waals surface area contributed by atoms with Crippen LogP contribution in [0.15, 0.2) is 71.9 Å². The highest BCUT2D eigenvalue weighted by Crippen LogP contribution is 2.65. The van der Waals surface area contributed by atoms with Gasteiger partial charge in [-0.05, 0) is 131 Å². The SMILES string of the molecule is C=CC1=C(C(=C)C)C(=C)[C@@]2(OCl)C(C)=C3C(=C)c4c(C)c(CN)cc(CCC5CCCCC5)c4C[C@@]3(C)C[C@H]2[C@@H]1CC. The molecule has 0 spiro atoms. The lowest BCUT2D eigenvalue weighted by atomic mass is 9.48. The van der Waals surface area contributed by atoms with Gasteiger partial charge < -0.3 is 5.73 Å². The smallest absolute Gasteiger partial charge is 0.139 e. The highest BCUT2D eigenvalue weighted by molar-refractivity contribution is 6.08. The number of hydrogen-bond acceptors (Lipinski definition) is 2. The molecule has 2 nitrogen and oxygen atoms in total. The van der Waals surface area contributed by atoms with Crippen LogP contribution in [0.25, 0.3) is 5.57 Å². The topological polar surface area (TPSA) is 35.2 Å². The first-order valence-electron chi connectivity index (χ1n) is 16.3. The predicted octanol–water partition coefficient (Wildman–Crippen LogP) is 10.4. The Morgan fingerprint density at radius 3 is 2.43 bits per heavy atom. The van der Waals surface area contributed by atoms with Crippen molar-refractivity contribution in [1.29, 1.82) is 0 Å². The van der Waals surface area contributed by atoms with Crippen LogP contribution in [-0.2, 0) is 23.7 Å². The third-order valence-corrected chi connectivity index (χ3v) is 11.9. The maximum atomic E-state index is 6.64. The van der Waals surface area contributed by atoms with Crippen molar-refractivity contribution in [1.82, 2.24) is 0 Å². The molecule has 3 heteroatoms. The third kappa shape index (κ3) is 4.59. The van der Waals surface area contributed by atoms with Gasteiger partial charge in [-0.1, -0.05) is 90.0 Å². The number of nitrogens with two attached hydrogens (primary N) is 1. The molecule has 0 heterocycles. The minimum atomic E-state index is -0.818. The molecule has 2 N–H and O–H groups in total. The molecule has 0 aliphatic heterocycles. The van der Waals surface area contributed by atoms with Gasteiger partial charge in [-0.2, -0.15) is 0 Å². The van der Waals surface area contributed by atoms with Crippen molar-refractivity contribution in [3.8, 4) is 0 Å². The lowest BCUT2D eigenvalue weighted by Gasteiger charge is -2.58. The molecule has 0 amide bonds. The highest BCUT2D eigenvalue weighted by atomic mass is 35.5. The van der Waals surface area contributed by atoms with Gasteiger partial charge in [-0.3, -0.25) is 4.29 Å². The van der Waals surface area contributed by atoms with Gasteiger partial charge in [-0.15, -0.1) is 0 Å². The molecule has 1 fully saturated rings. The summed E-state index contributed by atoms with van der Waals surface area (Å²) in [6.07, 6.45) is 14.3. The van der Waals surface area contributed by atoms with E-state index >= 15 is 0 Å². The van der Waals surface area contributed by atoms with Crippen LogP contribution in [-0.4, -0.2) is 5.60 Å². The summed E-state index contributed by atoms with van der Waals surface area (Å²) in [5.74, 6) is 1.23. The van der Waals surface area contributed by atoms with E-state index in [0.717, 1.165) is 59.5 Å². The number of rotatable bonds is 8. The molecule has 42 heavy (non-hydrogen) atoms. The zero-order chi connectivity index (χ0) is 30.6. The van der Waals surface area contributed by atoms with Gasteiger partial charge in [0.05, 0.1) is 11.9 Å². The Balaban J connectivity index is 1.70. The van der Waals surface area contributed by atoms with Crippen LogP contribution in [0.2, 0.25) is 0 Å². The number of halogens is 1. The van der Waals surface area contributed by atoms with E-state index in [1.54, 1.807) is 0 Å². The van der Waals surface area contributed by atoms with Crippen LogP contribution in [0.5, 0.6) is 0 Å². The fraction of sp³-hybridized carbons (Fsp3) is 0.538. The number of fused-ring (bicyclic) bond motifs is 3. The normalized spacial score (nSPS) is 29.8. The molecule has 5 rings (SSSR count). The van der Waals surface area contributed by atoms with E-state index in [1.807, 2.05) is 6.08 Å². The van der Waals surface area contributed by atoms with E-state index in [2.05, 4.69) is 60.4 Å². The van der Waals surface area contributed by atoms with Crippen LogP contribution < -0.4 is 5.73 Å². The van der Waals surface area contributed by atoms with E-state index in [4.69, 9.17) is 28.5 Å². The van der Waals surface area contributed by atoms with Crippen molar-refractivity contribution in [3.05, 3.63) is 99.7 Å². The highest BCUT2D eigenvalue weighted by Gasteiger charge is 2.60. The Hall–Kier alpha value is -2.13. The van der Waals surface area contributed by atoms with Crippen molar-refractivity contribution in [2.45, 2.75) is 111 Å². The Bertz CT molecular complexity index is 1400. The second-order valence-electron chi connectivity index (χ2n) is 14.1. The van der Waals surface area contributed by atoms with E-state index in [-0.39, 0.29) is 17.3 Å². The molecular formula is C39H52ClNO. The lowest BCUT2D eigenvalue weighted by molar-refractivity contribution is 0.0162. The molecule has 1 aromatic carbocycles. The molecule has 226 valence electrons. The van der Waals surface area contributed by atoms with Gasteiger partial charge in [0.25, 0.3) is 0 Å². The number of benzene rings is 1. The molecule has 1 aromatic rings. The van der Waals surface area contributed by atoms with Crippen molar-refractivity contribution in [3.63, 3.8) is 0 Å². The molecule has 4 aliphatic carbocycles. The van der Waals surface area contributed by atoms with Crippen LogP contribution in [0, 0.1) is 30.1 Å². The first-order valence-corrected chi connectivity index (χ1v) is 16.6. The summed E-state index contributed by atoms with van der Waals surface area (Å²) in [7, 11) is 0. The van der Waals surface area contributed by atoms with E-state index in [0.29, 0.717) is 6.54 Å². The number of allylic oxidation sites excluding steroid dienone is 5. The van der Waals surface area contributed by atoms with Crippen LogP contribution >= 0.6 is 11.9 Å². The van der Waals surface area contributed by atoms with E-state index < -0.39 is 5.60 Å². The van der Waals surface area contributed by atoms with Crippen LogP contribution in [0.1, 0.15) is 107 Å². The molecule has 4 aliphatic rings. The van der Waals surface area contributed by atoms with Crippen molar-refractivity contribution in [2.24, 2.45) is 28.9 Å². The van der Waals surface area contributed by atoms with E-state index in [1.165, 1.54) is 77.5 Å². The second-order valence-corrected chi connectivity index (χ2v) is 14.2. The second kappa shape index (κ2) is 11.8. The van der Waals surface area contributed by atoms with Gasteiger partial charge in [0.2, 0.25) is 0 Å². The largest absolute Gasteiger partial charge is 0.326 e.